The summed E-state index contributed by atoms with van der Waals surface area (Å²) in [6.45, 7) is 0.346. The van der Waals surface area contributed by atoms with E-state index in [9.17, 15) is 4.79 Å². The Morgan fingerprint density at radius 1 is 1.12 bits per heavy atom. The molecule has 0 aliphatic rings. The molecule has 0 aliphatic carbocycles. The van der Waals surface area contributed by atoms with Crippen molar-refractivity contribution in [3.63, 3.8) is 0 Å². The first-order chi connectivity index (χ1) is 11.8. The number of hydrogen-bond acceptors (Lipinski definition) is 5. The molecular formula is C18H17N3O2S. The first kappa shape index (κ1) is 16.3. The molecule has 122 valence electrons. The molecule has 0 radical (unpaired) electrons. The zero-order valence-electron chi connectivity index (χ0n) is 13.0. The normalized spacial score (nSPS) is 10.5. The molecular weight excluding hydrogens is 322 g/mol. The van der Waals surface area contributed by atoms with Gasteiger partial charge in [-0.2, -0.15) is 0 Å². The average molecular weight is 339 g/mol. The van der Waals surface area contributed by atoms with E-state index in [2.05, 4.69) is 27.4 Å². The van der Waals surface area contributed by atoms with Crippen LogP contribution >= 0.6 is 11.8 Å². The number of amides is 1. The molecule has 5 nitrogen and oxygen atoms in total. The molecule has 6 heteroatoms. The lowest BCUT2D eigenvalue weighted by Gasteiger charge is -2.08. The number of thioether (sulfide) groups is 1. The van der Waals surface area contributed by atoms with Crippen LogP contribution in [0.2, 0.25) is 0 Å². The number of carbonyl (C=O) groups excluding carboxylic acids is 1. The summed E-state index contributed by atoms with van der Waals surface area (Å²) < 4.78 is 5.09. The minimum atomic E-state index is -0.0141. The quantitative estimate of drug-likeness (QED) is 0.715. The van der Waals surface area contributed by atoms with Gasteiger partial charge in [-0.05, 0) is 11.6 Å². The molecule has 24 heavy (non-hydrogen) atoms. The Morgan fingerprint density at radius 2 is 1.96 bits per heavy atom. The predicted molar refractivity (Wildman–Crippen MR) is 94.2 cm³/mol. The first-order valence-corrected chi connectivity index (χ1v) is 8.69. The Bertz CT molecular complexity index is 776. The van der Waals surface area contributed by atoms with Gasteiger partial charge in [0.05, 0.1) is 36.2 Å². The van der Waals surface area contributed by atoms with E-state index in [0.717, 1.165) is 22.7 Å². The van der Waals surface area contributed by atoms with Crippen molar-refractivity contribution in [3.05, 3.63) is 72.6 Å². The maximum absolute atomic E-state index is 12.0. The lowest BCUT2D eigenvalue weighted by atomic mass is 10.2. The van der Waals surface area contributed by atoms with Crippen LogP contribution in [0.4, 0.5) is 0 Å². The van der Waals surface area contributed by atoms with Crippen molar-refractivity contribution in [2.75, 3.05) is 5.75 Å². The third-order valence-electron chi connectivity index (χ3n) is 3.37. The van der Waals surface area contributed by atoms with Crippen LogP contribution in [0, 0.1) is 0 Å². The predicted octanol–water partition coefficient (Wildman–Crippen LogP) is 3.29. The van der Waals surface area contributed by atoms with Crippen molar-refractivity contribution in [2.45, 2.75) is 12.3 Å². The Labute approximate surface area is 144 Å². The van der Waals surface area contributed by atoms with E-state index in [0.29, 0.717) is 12.3 Å². The Hall–Kier alpha value is -2.60. The van der Waals surface area contributed by atoms with Crippen LogP contribution in [0.3, 0.4) is 0 Å². The van der Waals surface area contributed by atoms with Gasteiger partial charge < -0.3 is 9.73 Å². The summed E-state index contributed by atoms with van der Waals surface area (Å²) in [7, 11) is 0. The van der Waals surface area contributed by atoms with Gasteiger partial charge in [0.2, 0.25) is 5.91 Å². The number of benzene rings is 1. The van der Waals surface area contributed by atoms with Gasteiger partial charge in [0, 0.05) is 23.7 Å². The lowest BCUT2D eigenvalue weighted by molar-refractivity contribution is -0.118. The van der Waals surface area contributed by atoms with Crippen molar-refractivity contribution in [3.8, 4) is 11.3 Å². The number of furan rings is 1. The molecule has 0 atom stereocenters. The van der Waals surface area contributed by atoms with Crippen LogP contribution in [0.25, 0.3) is 11.3 Å². The van der Waals surface area contributed by atoms with Gasteiger partial charge in [-0.1, -0.05) is 30.3 Å². The molecule has 0 saturated heterocycles. The third kappa shape index (κ3) is 4.45. The van der Waals surface area contributed by atoms with Crippen LogP contribution in [0.1, 0.15) is 11.3 Å². The Kier molecular flexibility index (Phi) is 5.63. The summed E-state index contributed by atoms with van der Waals surface area (Å²) >= 11 is 1.59. The summed E-state index contributed by atoms with van der Waals surface area (Å²) in [5, 5.41) is 2.89. The Balaban J connectivity index is 1.50. The van der Waals surface area contributed by atoms with Crippen LogP contribution < -0.4 is 5.32 Å². The zero-order valence-corrected chi connectivity index (χ0v) is 13.8. The number of nitrogens with one attached hydrogen (secondary N) is 1. The molecule has 1 N–H and O–H groups in total. The number of rotatable bonds is 7. The van der Waals surface area contributed by atoms with Crippen molar-refractivity contribution >= 4 is 17.7 Å². The maximum atomic E-state index is 12.0. The maximum Gasteiger partial charge on any atom is 0.230 e. The molecule has 0 saturated carbocycles. The summed E-state index contributed by atoms with van der Waals surface area (Å²) in [6, 6.07) is 11.9. The number of hydrogen-bond donors (Lipinski definition) is 1. The van der Waals surface area contributed by atoms with Gasteiger partial charge in [0.25, 0.3) is 0 Å². The number of aromatic nitrogens is 2. The molecule has 2 aromatic heterocycles. The smallest absolute Gasteiger partial charge is 0.230 e. The van der Waals surface area contributed by atoms with Gasteiger partial charge in [-0.3, -0.25) is 14.8 Å². The fraction of sp³-hybridized carbons (Fsp3) is 0.167. The molecule has 0 spiro atoms. The average Bonchev–Trinajstić information content (AvgIpc) is 3.16. The molecule has 0 unspecified atom stereocenters. The van der Waals surface area contributed by atoms with Gasteiger partial charge in [-0.25, -0.2) is 0 Å². The SMILES string of the molecule is O=C(CSCc1ccccc1)NCc1nccnc1-c1ccoc1. The number of carbonyl (C=O) groups is 1. The minimum Gasteiger partial charge on any atom is -0.472 e. The van der Waals surface area contributed by atoms with Crippen LogP contribution in [-0.4, -0.2) is 21.6 Å². The Morgan fingerprint density at radius 3 is 2.75 bits per heavy atom. The van der Waals surface area contributed by atoms with E-state index in [1.807, 2.05) is 24.3 Å². The molecule has 1 aromatic carbocycles. The van der Waals surface area contributed by atoms with E-state index in [-0.39, 0.29) is 5.91 Å². The second-order valence-electron chi connectivity index (χ2n) is 5.12. The van der Waals surface area contributed by atoms with Crippen LogP contribution in [0.15, 0.2) is 65.7 Å². The highest BCUT2D eigenvalue weighted by molar-refractivity contribution is 7.99. The highest BCUT2D eigenvalue weighted by atomic mass is 32.2. The molecule has 0 aliphatic heterocycles. The van der Waals surface area contributed by atoms with Gasteiger partial charge in [0.1, 0.15) is 0 Å². The highest BCUT2D eigenvalue weighted by Gasteiger charge is 2.10. The monoisotopic (exact) mass is 339 g/mol. The van der Waals surface area contributed by atoms with Crippen molar-refractivity contribution < 1.29 is 9.21 Å². The second-order valence-corrected chi connectivity index (χ2v) is 6.10. The van der Waals surface area contributed by atoms with Crippen LogP contribution in [0.5, 0.6) is 0 Å². The summed E-state index contributed by atoms with van der Waals surface area (Å²) in [6.07, 6.45) is 6.45. The minimum absolute atomic E-state index is 0.0141. The van der Waals surface area contributed by atoms with Crippen molar-refractivity contribution in [2.24, 2.45) is 0 Å². The van der Waals surface area contributed by atoms with Gasteiger partial charge >= 0.3 is 0 Å². The molecule has 3 rings (SSSR count). The molecule has 0 fully saturated rings. The first-order valence-electron chi connectivity index (χ1n) is 7.54. The second kappa shape index (κ2) is 8.31. The molecule has 0 bridgehead atoms. The third-order valence-corrected chi connectivity index (χ3v) is 4.37. The standard InChI is InChI=1S/C18H17N3O2S/c22-17(13-24-12-14-4-2-1-3-5-14)21-10-16-18(20-8-7-19-16)15-6-9-23-11-15/h1-9,11H,10,12-13H2,(H,21,22). The van der Waals surface area contributed by atoms with E-state index in [1.165, 1.54) is 5.56 Å². The molecule has 2 heterocycles. The largest absolute Gasteiger partial charge is 0.472 e. The zero-order chi connectivity index (χ0) is 16.6. The summed E-state index contributed by atoms with van der Waals surface area (Å²) in [5.41, 5.74) is 3.51. The van der Waals surface area contributed by atoms with E-state index < -0.39 is 0 Å². The van der Waals surface area contributed by atoms with E-state index in [1.54, 1.807) is 36.7 Å². The molecule has 1 amide bonds. The topological polar surface area (TPSA) is 68.0 Å². The van der Waals surface area contributed by atoms with Crippen LogP contribution in [-0.2, 0) is 17.1 Å². The highest BCUT2D eigenvalue weighted by Crippen LogP contribution is 2.19. The summed E-state index contributed by atoms with van der Waals surface area (Å²) in [4.78, 5) is 20.6. The summed E-state index contributed by atoms with van der Waals surface area (Å²) in [5.74, 6) is 1.22. The van der Waals surface area contributed by atoms with Crippen molar-refractivity contribution in [1.82, 2.24) is 15.3 Å². The number of nitrogens with zero attached hydrogens (tertiary/aromatic N) is 2. The van der Waals surface area contributed by atoms with E-state index >= 15 is 0 Å². The van der Waals surface area contributed by atoms with Crippen molar-refractivity contribution in [1.29, 1.82) is 0 Å². The van der Waals surface area contributed by atoms with E-state index in [4.69, 9.17) is 4.42 Å². The van der Waals surface area contributed by atoms with Gasteiger partial charge in [-0.15, -0.1) is 11.8 Å². The van der Waals surface area contributed by atoms with Gasteiger partial charge in [0.15, 0.2) is 0 Å². The fourth-order valence-electron chi connectivity index (χ4n) is 2.21. The fourth-order valence-corrected chi connectivity index (χ4v) is 3.02. The molecule has 3 aromatic rings. The lowest BCUT2D eigenvalue weighted by Crippen LogP contribution is -2.25.